The van der Waals surface area contributed by atoms with Gasteiger partial charge in [0.1, 0.15) is 5.82 Å². The highest BCUT2D eigenvalue weighted by molar-refractivity contribution is 8.00. The van der Waals surface area contributed by atoms with Crippen molar-refractivity contribution in [1.82, 2.24) is 10.3 Å². The number of fused-ring (bicyclic) bond motifs is 1. The molecule has 0 radical (unpaired) electrons. The zero-order valence-electron chi connectivity index (χ0n) is 15.8. The van der Waals surface area contributed by atoms with E-state index in [0.717, 1.165) is 35.1 Å². The minimum absolute atomic E-state index is 0.0539. The number of pyridine rings is 1. The Morgan fingerprint density at radius 2 is 1.96 bits per heavy atom. The molecule has 1 aromatic carbocycles. The van der Waals surface area contributed by atoms with Crippen molar-refractivity contribution in [3.8, 4) is 0 Å². The molecule has 0 saturated carbocycles. The summed E-state index contributed by atoms with van der Waals surface area (Å²) < 4.78 is 0. The summed E-state index contributed by atoms with van der Waals surface area (Å²) in [6, 6.07) is 11.9. The summed E-state index contributed by atoms with van der Waals surface area (Å²) in [5, 5.41) is 2.93. The molecule has 0 unspecified atom stereocenters. The number of carbonyl (C=O) groups is 2. The highest BCUT2D eigenvalue weighted by atomic mass is 32.2. The van der Waals surface area contributed by atoms with Gasteiger partial charge in [0.15, 0.2) is 0 Å². The number of nitrogens with one attached hydrogen (secondary N) is 1. The van der Waals surface area contributed by atoms with Gasteiger partial charge in [0.25, 0.3) is 0 Å². The molecule has 1 saturated heterocycles. The molecular formula is C21H24N4O2S. The lowest BCUT2D eigenvalue weighted by atomic mass is 10.2. The first-order valence-electron chi connectivity index (χ1n) is 9.69. The van der Waals surface area contributed by atoms with E-state index >= 15 is 0 Å². The molecule has 2 aliphatic rings. The van der Waals surface area contributed by atoms with Crippen LogP contribution >= 0.6 is 11.8 Å². The molecule has 2 aliphatic heterocycles. The lowest BCUT2D eigenvalue weighted by Gasteiger charge is -2.28. The molecule has 0 aliphatic carbocycles. The molecule has 2 amide bonds. The van der Waals surface area contributed by atoms with Gasteiger partial charge in [0, 0.05) is 43.7 Å². The topological polar surface area (TPSA) is 65.5 Å². The summed E-state index contributed by atoms with van der Waals surface area (Å²) >= 11 is 1.55. The van der Waals surface area contributed by atoms with E-state index in [1.165, 1.54) is 12.8 Å². The van der Waals surface area contributed by atoms with Crippen LogP contribution in [-0.2, 0) is 16.1 Å². The van der Waals surface area contributed by atoms with Gasteiger partial charge in [-0.05, 0) is 36.6 Å². The van der Waals surface area contributed by atoms with Gasteiger partial charge in [0.05, 0.1) is 11.4 Å². The minimum atomic E-state index is -0.0628. The lowest BCUT2D eigenvalue weighted by molar-refractivity contribution is -0.121. The van der Waals surface area contributed by atoms with Crippen molar-refractivity contribution in [2.75, 3.05) is 35.2 Å². The Kier molecular flexibility index (Phi) is 5.81. The molecule has 0 atom stereocenters. The van der Waals surface area contributed by atoms with Gasteiger partial charge < -0.3 is 15.1 Å². The Morgan fingerprint density at radius 3 is 2.75 bits per heavy atom. The van der Waals surface area contributed by atoms with Crippen LogP contribution in [0.4, 0.5) is 11.5 Å². The van der Waals surface area contributed by atoms with Crippen molar-refractivity contribution < 1.29 is 9.59 Å². The summed E-state index contributed by atoms with van der Waals surface area (Å²) in [5.41, 5.74) is 1.88. The molecule has 1 N–H and O–H groups in total. The van der Waals surface area contributed by atoms with Crippen molar-refractivity contribution in [1.29, 1.82) is 0 Å². The summed E-state index contributed by atoms with van der Waals surface area (Å²) in [6.07, 6.45) is 4.56. The quantitative estimate of drug-likeness (QED) is 0.813. The van der Waals surface area contributed by atoms with E-state index in [0.29, 0.717) is 18.8 Å². The summed E-state index contributed by atoms with van der Waals surface area (Å²) in [7, 11) is 0. The summed E-state index contributed by atoms with van der Waals surface area (Å²) in [6.45, 7) is 2.99. The van der Waals surface area contributed by atoms with Crippen LogP contribution in [0, 0.1) is 0 Å². The monoisotopic (exact) mass is 396 g/mol. The van der Waals surface area contributed by atoms with E-state index in [1.54, 1.807) is 16.7 Å². The maximum absolute atomic E-state index is 12.3. The third kappa shape index (κ3) is 4.30. The van der Waals surface area contributed by atoms with Crippen LogP contribution in [0.15, 0.2) is 47.5 Å². The van der Waals surface area contributed by atoms with E-state index in [1.807, 2.05) is 42.6 Å². The molecule has 146 valence electrons. The number of thioether (sulfide) groups is 1. The molecule has 6 nitrogen and oxygen atoms in total. The largest absolute Gasteiger partial charge is 0.357 e. The Morgan fingerprint density at radius 1 is 1.14 bits per heavy atom. The highest BCUT2D eigenvalue weighted by Crippen LogP contribution is 2.34. The summed E-state index contributed by atoms with van der Waals surface area (Å²) in [4.78, 5) is 34.1. The molecule has 3 heterocycles. The van der Waals surface area contributed by atoms with E-state index in [-0.39, 0.29) is 18.2 Å². The second-order valence-corrected chi connectivity index (χ2v) is 8.06. The number of nitrogens with zero attached hydrogens (tertiary/aromatic N) is 3. The van der Waals surface area contributed by atoms with Crippen LogP contribution in [0.3, 0.4) is 0 Å². The zero-order valence-corrected chi connectivity index (χ0v) is 16.6. The number of rotatable bonds is 6. The molecule has 0 bridgehead atoms. The Labute approximate surface area is 169 Å². The molecule has 4 rings (SSSR count). The van der Waals surface area contributed by atoms with Crippen LogP contribution in [0.1, 0.15) is 24.8 Å². The number of amides is 2. The SMILES string of the molecule is O=C(CCN1C(=O)CSc2ccccc21)NCc1ccc(N2CCCC2)nc1. The van der Waals surface area contributed by atoms with Gasteiger partial charge in [-0.3, -0.25) is 9.59 Å². The second-order valence-electron chi connectivity index (χ2n) is 7.05. The first-order chi connectivity index (χ1) is 13.7. The maximum Gasteiger partial charge on any atom is 0.237 e. The Balaban J connectivity index is 1.27. The van der Waals surface area contributed by atoms with Crippen LogP contribution in [0.25, 0.3) is 0 Å². The standard InChI is InChI=1S/C21H24N4O2S/c26-20(9-12-25-17-5-1-2-6-18(17)28-15-21(25)27)23-14-16-7-8-19(22-13-16)24-10-3-4-11-24/h1-2,5-8,13H,3-4,9-12,14-15H2,(H,23,26). The van der Waals surface area contributed by atoms with E-state index in [2.05, 4.69) is 15.2 Å². The number of aromatic nitrogens is 1. The predicted molar refractivity (Wildman–Crippen MR) is 112 cm³/mol. The van der Waals surface area contributed by atoms with Crippen LogP contribution in [0.5, 0.6) is 0 Å². The van der Waals surface area contributed by atoms with Crippen molar-refractivity contribution in [2.45, 2.75) is 30.7 Å². The number of para-hydroxylation sites is 1. The second kappa shape index (κ2) is 8.65. The van der Waals surface area contributed by atoms with E-state index in [4.69, 9.17) is 0 Å². The normalized spacial score (nSPS) is 16.2. The van der Waals surface area contributed by atoms with Crippen molar-refractivity contribution in [2.24, 2.45) is 0 Å². The predicted octanol–water partition coefficient (Wildman–Crippen LogP) is 2.83. The molecular weight excluding hydrogens is 372 g/mol. The fraction of sp³-hybridized carbons (Fsp3) is 0.381. The molecule has 0 spiro atoms. The maximum atomic E-state index is 12.3. The van der Waals surface area contributed by atoms with Gasteiger partial charge >= 0.3 is 0 Å². The average Bonchev–Trinajstić information content (AvgIpc) is 3.27. The van der Waals surface area contributed by atoms with Crippen LogP contribution < -0.4 is 15.1 Å². The number of hydrogen-bond donors (Lipinski definition) is 1. The summed E-state index contributed by atoms with van der Waals surface area (Å²) in [5.74, 6) is 1.42. The number of hydrogen-bond acceptors (Lipinski definition) is 5. The first-order valence-corrected chi connectivity index (χ1v) is 10.7. The Hall–Kier alpha value is -2.54. The third-order valence-corrected chi connectivity index (χ3v) is 6.15. The molecule has 1 aromatic heterocycles. The molecule has 2 aromatic rings. The van der Waals surface area contributed by atoms with Crippen LogP contribution in [0.2, 0.25) is 0 Å². The number of carbonyl (C=O) groups excluding carboxylic acids is 2. The molecule has 28 heavy (non-hydrogen) atoms. The Bertz CT molecular complexity index is 850. The fourth-order valence-electron chi connectivity index (χ4n) is 3.56. The lowest BCUT2D eigenvalue weighted by Crippen LogP contribution is -2.38. The van der Waals surface area contributed by atoms with Crippen LogP contribution in [-0.4, -0.2) is 42.2 Å². The van der Waals surface area contributed by atoms with Crippen molar-refractivity contribution in [3.05, 3.63) is 48.2 Å². The van der Waals surface area contributed by atoms with Crippen molar-refractivity contribution >= 4 is 35.1 Å². The van der Waals surface area contributed by atoms with Gasteiger partial charge in [-0.2, -0.15) is 0 Å². The third-order valence-electron chi connectivity index (χ3n) is 5.10. The minimum Gasteiger partial charge on any atom is -0.357 e. The zero-order chi connectivity index (χ0) is 19.3. The number of benzene rings is 1. The van der Waals surface area contributed by atoms with Gasteiger partial charge in [-0.1, -0.05) is 18.2 Å². The smallest absolute Gasteiger partial charge is 0.237 e. The average molecular weight is 397 g/mol. The van der Waals surface area contributed by atoms with Gasteiger partial charge in [0.2, 0.25) is 11.8 Å². The molecule has 7 heteroatoms. The molecule has 1 fully saturated rings. The number of anilines is 2. The van der Waals surface area contributed by atoms with E-state index < -0.39 is 0 Å². The van der Waals surface area contributed by atoms with Gasteiger partial charge in [-0.25, -0.2) is 4.98 Å². The van der Waals surface area contributed by atoms with Gasteiger partial charge in [-0.15, -0.1) is 11.8 Å². The fourth-order valence-corrected chi connectivity index (χ4v) is 4.49. The van der Waals surface area contributed by atoms with E-state index in [9.17, 15) is 9.59 Å². The van der Waals surface area contributed by atoms with Crippen molar-refractivity contribution in [3.63, 3.8) is 0 Å². The first kappa shape index (κ1) is 18.8. The highest BCUT2D eigenvalue weighted by Gasteiger charge is 2.24.